The van der Waals surface area contributed by atoms with Gasteiger partial charge < -0.3 is 15.1 Å². The fourth-order valence-corrected chi connectivity index (χ4v) is 4.87. The fraction of sp³-hybridized carbons (Fsp3) is 0.619. The van der Waals surface area contributed by atoms with Gasteiger partial charge in [-0.1, -0.05) is 18.2 Å². The van der Waals surface area contributed by atoms with Gasteiger partial charge in [-0.3, -0.25) is 4.79 Å². The van der Waals surface area contributed by atoms with E-state index in [1.807, 2.05) is 0 Å². The molecule has 1 saturated heterocycles. The average molecular weight is 352 g/mol. The van der Waals surface area contributed by atoms with Gasteiger partial charge in [0, 0.05) is 31.4 Å². The minimum Gasteiger partial charge on any atom is -0.371 e. The number of benzene rings is 1. The van der Waals surface area contributed by atoms with Crippen LogP contribution in [0.2, 0.25) is 0 Å². The maximum atomic E-state index is 12.4. The molecule has 0 bridgehead atoms. The van der Waals surface area contributed by atoms with Crippen LogP contribution < -0.4 is 10.2 Å². The van der Waals surface area contributed by atoms with E-state index in [1.54, 1.807) is 4.90 Å². The molecule has 1 aliphatic carbocycles. The second-order valence-corrected chi connectivity index (χ2v) is 7.96. The van der Waals surface area contributed by atoms with Gasteiger partial charge in [-0.2, -0.15) is 5.26 Å². The standard InChI is InChI=1S/C21H28N4O/c22-13-19-5-3-10-25(19)21(26)14-23-18-8-7-16(12-18)15-24-11-9-17-4-1-2-6-20(17)24/h1-2,4,6,16,18-19,23H,3,5,7-12,14-15H2/t16?,18-,19+/m1/s1. The van der Waals surface area contributed by atoms with Crippen LogP contribution in [-0.2, 0) is 11.2 Å². The van der Waals surface area contributed by atoms with Crippen LogP contribution in [0.5, 0.6) is 0 Å². The van der Waals surface area contributed by atoms with Crippen molar-refractivity contribution in [3.8, 4) is 6.07 Å². The second-order valence-electron chi connectivity index (χ2n) is 7.96. The van der Waals surface area contributed by atoms with Gasteiger partial charge in [-0.25, -0.2) is 0 Å². The number of carbonyl (C=O) groups is 1. The summed E-state index contributed by atoms with van der Waals surface area (Å²) >= 11 is 0. The molecule has 1 saturated carbocycles. The van der Waals surface area contributed by atoms with Gasteiger partial charge in [0.05, 0.1) is 12.6 Å². The molecule has 4 rings (SSSR count). The van der Waals surface area contributed by atoms with Crippen molar-refractivity contribution in [2.75, 3.05) is 31.1 Å². The van der Waals surface area contributed by atoms with Crippen LogP contribution in [0.1, 0.15) is 37.7 Å². The Morgan fingerprint density at radius 2 is 2.12 bits per heavy atom. The second kappa shape index (κ2) is 7.67. The van der Waals surface area contributed by atoms with Crippen molar-refractivity contribution >= 4 is 11.6 Å². The largest absolute Gasteiger partial charge is 0.371 e. The third-order valence-corrected chi connectivity index (χ3v) is 6.27. The number of fused-ring (bicyclic) bond motifs is 1. The Labute approximate surface area is 156 Å². The Balaban J connectivity index is 1.23. The normalized spacial score (nSPS) is 27.6. The summed E-state index contributed by atoms with van der Waals surface area (Å²) in [5, 5.41) is 12.6. The number of likely N-dealkylation sites (tertiary alicyclic amines) is 1. The van der Waals surface area contributed by atoms with Crippen molar-refractivity contribution in [1.82, 2.24) is 10.2 Å². The summed E-state index contributed by atoms with van der Waals surface area (Å²) in [5.74, 6) is 0.790. The fourth-order valence-electron chi connectivity index (χ4n) is 4.87. The molecule has 0 radical (unpaired) electrons. The quantitative estimate of drug-likeness (QED) is 0.883. The molecule has 1 amide bonds. The third kappa shape index (κ3) is 3.57. The lowest BCUT2D eigenvalue weighted by atomic mass is 10.1. The van der Waals surface area contributed by atoms with E-state index in [1.165, 1.54) is 17.7 Å². The molecule has 1 unspecified atom stereocenters. The first-order valence-corrected chi connectivity index (χ1v) is 10.00. The van der Waals surface area contributed by atoms with Crippen LogP contribution in [0.15, 0.2) is 24.3 Å². The number of anilines is 1. The lowest BCUT2D eigenvalue weighted by molar-refractivity contribution is -0.130. The molecule has 1 aromatic carbocycles. The Kier molecular flexibility index (Phi) is 5.12. The summed E-state index contributed by atoms with van der Waals surface area (Å²) in [5.41, 5.74) is 2.89. The molecular formula is C21H28N4O. The van der Waals surface area contributed by atoms with E-state index in [4.69, 9.17) is 5.26 Å². The van der Waals surface area contributed by atoms with Crippen molar-refractivity contribution in [3.05, 3.63) is 29.8 Å². The van der Waals surface area contributed by atoms with Crippen LogP contribution in [0.4, 0.5) is 5.69 Å². The number of hydrogen-bond acceptors (Lipinski definition) is 4. The van der Waals surface area contributed by atoms with Gasteiger partial charge in [-0.15, -0.1) is 0 Å². The highest BCUT2D eigenvalue weighted by Crippen LogP contribution is 2.32. The molecule has 2 fully saturated rings. The number of nitriles is 1. The molecule has 138 valence electrons. The van der Waals surface area contributed by atoms with Crippen molar-refractivity contribution in [2.45, 2.75) is 50.6 Å². The minimum absolute atomic E-state index is 0.0889. The molecular weight excluding hydrogens is 324 g/mol. The topological polar surface area (TPSA) is 59.4 Å². The maximum Gasteiger partial charge on any atom is 0.237 e. The van der Waals surface area contributed by atoms with E-state index in [2.05, 4.69) is 40.6 Å². The predicted molar refractivity (Wildman–Crippen MR) is 102 cm³/mol. The number of nitrogens with zero attached hydrogens (tertiary/aromatic N) is 3. The molecule has 2 aliphatic heterocycles. The highest BCUT2D eigenvalue weighted by atomic mass is 16.2. The highest BCUT2D eigenvalue weighted by molar-refractivity contribution is 5.79. The van der Waals surface area contributed by atoms with Crippen molar-refractivity contribution in [3.63, 3.8) is 0 Å². The summed E-state index contributed by atoms with van der Waals surface area (Å²) in [4.78, 5) is 16.7. The zero-order chi connectivity index (χ0) is 17.9. The van der Waals surface area contributed by atoms with Crippen molar-refractivity contribution < 1.29 is 4.79 Å². The number of rotatable bonds is 5. The molecule has 2 heterocycles. The molecule has 5 nitrogen and oxygen atoms in total. The van der Waals surface area contributed by atoms with Gasteiger partial charge in [0.25, 0.3) is 0 Å². The SMILES string of the molecule is N#C[C@@H]1CCCN1C(=O)CN[C@@H]1CCC(CN2CCc3ccccc32)C1. The molecule has 1 N–H and O–H groups in total. The molecule has 0 spiro atoms. The molecule has 26 heavy (non-hydrogen) atoms. The average Bonchev–Trinajstić information content (AvgIpc) is 3.40. The first-order chi connectivity index (χ1) is 12.7. The molecule has 3 aliphatic rings. The van der Waals surface area contributed by atoms with Crippen LogP contribution in [0, 0.1) is 17.2 Å². The van der Waals surface area contributed by atoms with Gasteiger partial charge in [-0.05, 0) is 56.1 Å². The van der Waals surface area contributed by atoms with Crippen LogP contribution in [-0.4, -0.2) is 49.1 Å². The van der Waals surface area contributed by atoms with Crippen LogP contribution in [0.25, 0.3) is 0 Å². The summed E-state index contributed by atoms with van der Waals surface area (Å²) in [6, 6.07) is 11.2. The number of amides is 1. The van der Waals surface area contributed by atoms with Gasteiger partial charge >= 0.3 is 0 Å². The van der Waals surface area contributed by atoms with E-state index in [9.17, 15) is 4.79 Å². The first-order valence-electron chi connectivity index (χ1n) is 10.00. The van der Waals surface area contributed by atoms with E-state index < -0.39 is 0 Å². The van der Waals surface area contributed by atoms with E-state index >= 15 is 0 Å². The summed E-state index contributed by atoms with van der Waals surface area (Å²) in [6.45, 7) is 3.38. The van der Waals surface area contributed by atoms with E-state index in [-0.39, 0.29) is 11.9 Å². The molecule has 0 aromatic heterocycles. The number of hydrogen-bond donors (Lipinski definition) is 1. The molecule has 3 atom stereocenters. The third-order valence-electron chi connectivity index (χ3n) is 6.27. The molecule has 1 aromatic rings. The van der Waals surface area contributed by atoms with E-state index in [0.29, 0.717) is 18.5 Å². The molecule has 5 heteroatoms. The van der Waals surface area contributed by atoms with Gasteiger partial charge in [0.1, 0.15) is 6.04 Å². The van der Waals surface area contributed by atoms with Gasteiger partial charge in [0.15, 0.2) is 0 Å². The zero-order valence-electron chi connectivity index (χ0n) is 15.4. The van der Waals surface area contributed by atoms with E-state index in [0.717, 1.165) is 51.7 Å². The number of para-hydroxylation sites is 1. The Morgan fingerprint density at radius 3 is 3.00 bits per heavy atom. The summed E-state index contributed by atoms with van der Waals surface area (Å²) in [7, 11) is 0. The van der Waals surface area contributed by atoms with Crippen molar-refractivity contribution in [1.29, 1.82) is 5.26 Å². The number of nitrogens with one attached hydrogen (secondary N) is 1. The Bertz CT molecular complexity index is 697. The van der Waals surface area contributed by atoms with Gasteiger partial charge in [0.2, 0.25) is 5.91 Å². The smallest absolute Gasteiger partial charge is 0.237 e. The first kappa shape index (κ1) is 17.4. The summed E-state index contributed by atoms with van der Waals surface area (Å²) < 4.78 is 0. The maximum absolute atomic E-state index is 12.4. The zero-order valence-corrected chi connectivity index (χ0v) is 15.4. The number of carbonyl (C=O) groups excluding carboxylic acids is 1. The van der Waals surface area contributed by atoms with Crippen molar-refractivity contribution in [2.24, 2.45) is 5.92 Å². The monoisotopic (exact) mass is 352 g/mol. The Hall–Kier alpha value is -2.06. The highest BCUT2D eigenvalue weighted by Gasteiger charge is 2.31. The van der Waals surface area contributed by atoms with Crippen LogP contribution >= 0.6 is 0 Å². The summed E-state index contributed by atoms with van der Waals surface area (Å²) in [6.07, 6.45) is 6.46. The Morgan fingerprint density at radius 1 is 1.23 bits per heavy atom. The lowest BCUT2D eigenvalue weighted by Crippen LogP contribution is -2.43. The lowest BCUT2D eigenvalue weighted by Gasteiger charge is -2.24. The predicted octanol–water partition coefficient (Wildman–Crippen LogP) is 2.32. The minimum atomic E-state index is -0.212. The van der Waals surface area contributed by atoms with Crippen LogP contribution in [0.3, 0.4) is 0 Å².